The maximum absolute atomic E-state index is 13.4. The van der Waals surface area contributed by atoms with E-state index < -0.39 is 39.4 Å². The molecule has 11 heteroatoms. The monoisotopic (exact) mass is 535 g/mol. The van der Waals surface area contributed by atoms with Gasteiger partial charge in [-0.1, -0.05) is 30.3 Å². The Labute approximate surface area is 218 Å². The maximum atomic E-state index is 13.4. The third kappa shape index (κ3) is 8.02. The van der Waals surface area contributed by atoms with Gasteiger partial charge in [0, 0.05) is 46.6 Å². The predicted octanol–water partition coefficient (Wildman–Crippen LogP) is 1.40. The second-order valence-electron chi connectivity index (χ2n) is 10.2. The van der Waals surface area contributed by atoms with Gasteiger partial charge in [0.2, 0.25) is 17.7 Å². The number of carbonyl (C=O) groups is 4. The van der Waals surface area contributed by atoms with Crippen molar-refractivity contribution in [2.75, 3.05) is 39.0 Å². The number of amides is 3. The van der Waals surface area contributed by atoms with Crippen LogP contribution in [0.4, 0.5) is 0 Å². The SMILES string of the molecule is CC(=O)N1CCC(CN(C)C(=O)C[C@@H](CS(=O)(=O)Cc2ccccc2)C(=O)N2CCC[C@H]2C(=O)O)CC1. The largest absolute Gasteiger partial charge is 0.480 e. The van der Waals surface area contributed by atoms with E-state index >= 15 is 0 Å². The summed E-state index contributed by atoms with van der Waals surface area (Å²) in [5.74, 6) is -3.80. The van der Waals surface area contributed by atoms with E-state index in [0.29, 0.717) is 38.0 Å². The summed E-state index contributed by atoms with van der Waals surface area (Å²) in [5, 5.41) is 9.54. The summed E-state index contributed by atoms with van der Waals surface area (Å²) in [6.07, 6.45) is 2.03. The first-order valence-corrected chi connectivity index (χ1v) is 14.6. The Bertz CT molecular complexity index is 1080. The van der Waals surface area contributed by atoms with Crippen molar-refractivity contribution in [1.29, 1.82) is 0 Å². The molecule has 0 spiro atoms. The number of carboxylic acid groups (broad SMARTS) is 1. The number of carboxylic acids is 1. The number of nitrogens with zero attached hydrogens (tertiary/aromatic N) is 3. The molecule has 1 N–H and O–H groups in total. The Kier molecular flexibility index (Phi) is 9.69. The van der Waals surface area contributed by atoms with Gasteiger partial charge < -0.3 is 19.8 Å². The minimum Gasteiger partial charge on any atom is -0.480 e. The van der Waals surface area contributed by atoms with Crippen LogP contribution in [-0.2, 0) is 34.8 Å². The van der Waals surface area contributed by atoms with Crippen LogP contribution in [0.2, 0.25) is 0 Å². The fourth-order valence-electron chi connectivity index (χ4n) is 5.22. The molecule has 1 aromatic rings. The van der Waals surface area contributed by atoms with E-state index in [1.165, 1.54) is 16.7 Å². The molecule has 2 heterocycles. The minimum absolute atomic E-state index is 0.0301. The number of benzene rings is 1. The summed E-state index contributed by atoms with van der Waals surface area (Å²) >= 11 is 0. The summed E-state index contributed by atoms with van der Waals surface area (Å²) in [6.45, 7) is 3.47. The molecule has 1 aromatic carbocycles. The van der Waals surface area contributed by atoms with Crippen LogP contribution in [0.5, 0.6) is 0 Å². The van der Waals surface area contributed by atoms with E-state index in [0.717, 1.165) is 12.8 Å². The molecule has 2 aliphatic heterocycles. The molecule has 0 aromatic heterocycles. The number of sulfone groups is 1. The Hall–Kier alpha value is -2.95. The first-order valence-electron chi connectivity index (χ1n) is 12.7. The lowest BCUT2D eigenvalue weighted by molar-refractivity contribution is -0.150. The van der Waals surface area contributed by atoms with Crippen LogP contribution < -0.4 is 0 Å². The third-order valence-electron chi connectivity index (χ3n) is 7.29. The molecule has 2 atom stereocenters. The molecule has 204 valence electrons. The highest BCUT2D eigenvalue weighted by atomic mass is 32.2. The van der Waals surface area contributed by atoms with Gasteiger partial charge in [-0.25, -0.2) is 13.2 Å². The van der Waals surface area contributed by atoms with E-state index in [-0.39, 0.29) is 36.5 Å². The zero-order valence-corrected chi connectivity index (χ0v) is 22.4. The topological polar surface area (TPSA) is 132 Å². The van der Waals surface area contributed by atoms with Crippen LogP contribution in [0.25, 0.3) is 0 Å². The second kappa shape index (κ2) is 12.5. The maximum Gasteiger partial charge on any atom is 0.326 e. The lowest BCUT2D eigenvalue weighted by Gasteiger charge is -2.34. The molecular weight excluding hydrogens is 498 g/mol. The van der Waals surface area contributed by atoms with Crippen molar-refractivity contribution in [3.05, 3.63) is 35.9 Å². The number of rotatable bonds is 10. The van der Waals surface area contributed by atoms with Gasteiger partial charge in [0.1, 0.15) is 6.04 Å². The minimum atomic E-state index is -3.76. The third-order valence-corrected chi connectivity index (χ3v) is 8.98. The van der Waals surface area contributed by atoms with Gasteiger partial charge in [-0.2, -0.15) is 0 Å². The number of carbonyl (C=O) groups excluding carboxylic acids is 3. The summed E-state index contributed by atoms with van der Waals surface area (Å²) in [6, 6.07) is 7.60. The number of hydrogen-bond acceptors (Lipinski definition) is 6. The van der Waals surface area contributed by atoms with Gasteiger partial charge in [0.25, 0.3) is 0 Å². The van der Waals surface area contributed by atoms with Gasteiger partial charge >= 0.3 is 5.97 Å². The van der Waals surface area contributed by atoms with Crippen LogP contribution in [0, 0.1) is 11.8 Å². The van der Waals surface area contributed by atoms with Crippen molar-refractivity contribution in [2.45, 2.75) is 50.8 Å². The molecule has 37 heavy (non-hydrogen) atoms. The molecule has 0 bridgehead atoms. The van der Waals surface area contributed by atoms with Gasteiger partial charge in [0.05, 0.1) is 17.4 Å². The molecule has 0 aliphatic carbocycles. The van der Waals surface area contributed by atoms with E-state index in [2.05, 4.69) is 0 Å². The van der Waals surface area contributed by atoms with Gasteiger partial charge in [-0.05, 0) is 37.2 Å². The zero-order valence-electron chi connectivity index (χ0n) is 21.5. The van der Waals surface area contributed by atoms with Gasteiger partial charge in [0.15, 0.2) is 9.84 Å². The van der Waals surface area contributed by atoms with Crippen molar-refractivity contribution in [3.63, 3.8) is 0 Å². The molecule has 0 saturated carbocycles. The number of aliphatic carboxylic acids is 1. The van der Waals surface area contributed by atoms with Crippen molar-refractivity contribution < 1.29 is 32.7 Å². The standard InChI is InChI=1S/C26H37N3O7S/c1-19(30)28-13-10-20(11-14-28)16-27(2)24(31)15-22(25(32)29-12-6-9-23(29)26(33)34)18-37(35,36)17-21-7-4-3-5-8-21/h3-5,7-8,20,22-23H,6,9-18H2,1-2H3,(H,33,34)/t22-,23-/m0/s1. The predicted molar refractivity (Wildman–Crippen MR) is 137 cm³/mol. The smallest absolute Gasteiger partial charge is 0.326 e. The van der Waals surface area contributed by atoms with Gasteiger partial charge in [-0.15, -0.1) is 0 Å². The van der Waals surface area contributed by atoms with Crippen LogP contribution in [0.15, 0.2) is 30.3 Å². The van der Waals surface area contributed by atoms with Crippen LogP contribution in [0.1, 0.15) is 44.6 Å². The Morgan fingerprint density at radius 3 is 2.30 bits per heavy atom. The van der Waals surface area contributed by atoms with Crippen molar-refractivity contribution >= 4 is 33.5 Å². The van der Waals surface area contributed by atoms with Crippen LogP contribution in [0.3, 0.4) is 0 Å². The van der Waals surface area contributed by atoms with E-state index in [1.54, 1.807) is 42.3 Å². The van der Waals surface area contributed by atoms with Crippen LogP contribution in [-0.4, -0.2) is 96.9 Å². The first kappa shape index (κ1) is 28.6. The lowest BCUT2D eigenvalue weighted by atomic mass is 9.96. The van der Waals surface area contributed by atoms with Gasteiger partial charge in [-0.3, -0.25) is 14.4 Å². The molecule has 2 aliphatic rings. The number of hydrogen-bond donors (Lipinski definition) is 1. The molecule has 0 unspecified atom stereocenters. The highest BCUT2D eigenvalue weighted by Gasteiger charge is 2.39. The summed E-state index contributed by atoms with van der Waals surface area (Å²) in [4.78, 5) is 54.3. The summed E-state index contributed by atoms with van der Waals surface area (Å²) < 4.78 is 26.1. The number of piperidine rings is 1. The Morgan fingerprint density at radius 1 is 1.05 bits per heavy atom. The average molecular weight is 536 g/mol. The fourth-order valence-corrected chi connectivity index (χ4v) is 6.91. The second-order valence-corrected chi connectivity index (χ2v) is 12.3. The normalized spacial score (nSPS) is 19.5. The quantitative estimate of drug-likeness (QED) is 0.479. The van der Waals surface area contributed by atoms with Crippen molar-refractivity contribution in [3.8, 4) is 0 Å². The Morgan fingerprint density at radius 2 is 1.70 bits per heavy atom. The van der Waals surface area contributed by atoms with Crippen LogP contribution >= 0.6 is 0 Å². The summed E-state index contributed by atoms with van der Waals surface area (Å²) in [7, 11) is -2.13. The molecule has 3 amide bonds. The first-order chi connectivity index (χ1) is 17.5. The van der Waals surface area contributed by atoms with E-state index in [1.807, 2.05) is 0 Å². The molecule has 0 radical (unpaired) electrons. The molecule has 10 nitrogen and oxygen atoms in total. The molecular formula is C26H37N3O7S. The lowest BCUT2D eigenvalue weighted by Crippen LogP contribution is -2.47. The summed E-state index contributed by atoms with van der Waals surface area (Å²) in [5.41, 5.74) is 0.582. The highest BCUT2D eigenvalue weighted by molar-refractivity contribution is 7.90. The molecule has 2 fully saturated rings. The average Bonchev–Trinajstić information content (AvgIpc) is 3.34. The fraction of sp³-hybridized carbons (Fsp3) is 0.615. The van der Waals surface area contributed by atoms with E-state index in [9.17, 15) is 32.7 Å². The van der Waals surface area contributed by atoms with Crippen molar-refractivity contribution in [1.82, 2.24) is 14.7 Å². The molecule has 2 saturated heterocycles. The number of likely N-dealkylation sites (tertiary alicyclic amines) is 2. The van der Waals surface area contributed by atoms with Crippen molar-refractivity contribution in [2.24, 2.45) is 11.8 Å². The Balaban J connectivity index is 1.70. The van der Waals surface area contributed by atoms with E-state index in [4.69, 9.17) is 0 Å². The zero-order chi connectivity index (χ0) is 27.2. The highest BCUT2D eigenvalue weighted by Crippen LogP contribution is 2.24. The molecule has 3 rings (SSSR count).